The van der Waals surface area contributed by atoms with E-state index < -0.39 is 17.8 Å². The topological polar surface area (TPSA) is 72.9 Å². The van der Waals surface area contributed by atoms with Crippen LogP contribution in [-0.2, 0) is 6.18 Å². The third kappa shape index (κ3) is 5.58. The van der Waals surface area contributed by atoms with Crippen LogP contribution in [-0.4, -0.2) is 65.0 Å². The monoisotopic (exact) mass is 523 g/mol. The van der Waals surface area contributed by atoms with Crippen LogP contribution in [0.3, 0.4) is 0 Å². The van der Waals surface area contributed by atoms with E-state index in [0.717, 1.165) is 18.6 Å². The predicted octanol–water partition coefficient (Wildman–Crippen LogP) is 4.12. The highest BCUT2D eigenvalue weighted by Crippen LogP contribution is 2.31. The largest absolute Gasteiger partial charge is 0.416 e. The Bertz CT molecular complexity index is 1270. The van der Waals surface area contributed by atoms with E-state index in [1.165, 1.54) is 12.1 Å². The Kier molecular flexibility index (Phi) is 7.23. The molecule has 6 nitrogen and oxygen atoms in total. The van der Waals surface area contributed by atoms with Crippen molar-refractivity contribution in [2.45, 2.75) is 30.8 Å². The van der Waals surface area contributed by atoms with E-state index in [-0.39, 0.29) is 23.9 Å². The molecule has 2 N–H and O–H groups in total. The van der Waals surface area contributed by atoms with E-state index >= 15 is 0 Å². The molecule has 2 unspecified atom stereocenters. The summed E-state index contributed by atoms with van der Waals surface area (Å²) in [7, 11) is 0. The number of hydrogen-bond acceptors (Lipinski definition) is 4. The number of alkyl halides is 3. The van der Waals surface area contributed by atoms with Crippen LogP contribution < -0.4 is 5.32 Å². The first-order valence-corrected chi connectivity index (χ1v) is 12.5. The number of carbonyl (C=O) groups is 2. The molecule has 5 rings (SSSR count). The summed E-state index contributed by atoms with van der Waals surface area (Å²) in [6.45, 7) is 2.47. The minimum atomic E-state index is -4.43. The molecule has 0 bridgehead atoms. The van der Waals surface area contributed by atoms with Gasteiger partial charge in [-0.25, -0.2) is 0 Å². The first kappa shape index (κ1) is 25.9. The summed E-state index contributed by atoms with van der Waals surface area (Å²) in [6, 6.07) is 20.4. The Morgan fingerprint density at radius 2 is 1.29 bits per heavy atom. The Balaban J connectivity index is 1.10. The van der Waals surface area contributed by atoms with Gasteiger partial charge in [-0.15, -0.1) is 0 Å². The first-order valence-electron chi connectivity index (χ1n) is 12.5. The Hall–Kier alpha value is -3.69. The number of halogens is 3. The maximum Gasteiger partial charge on any atom is 0.416 e. The highest BCUT2D eigenvalue weighted by atomic mass is 19.4. The average molecular weight is 524 g/mol. The van der Waals surface area contributed by atoms with Crippen LogP contribution in [0, 0.1) is 0 Å². The Morgan fingerprint density at radius 3 is 1.89 bits per heavy atom. The van der Waals surface area contributed by atoms with Gasteiger partial charge in [-0.05, 0) is 53.9 Å². The smallest absolute Gasteiger partial charge is 0.384 e. The van der Waals surface area contributed by atoms with Gasteiger partial charge in [0.1, 0.15) is 6.10 Å². The summed E-state index contributed by atoms with van der Waals surface area (Å²) in [5.41, 5.74) is 1.21. The van der Waals surface area contributed by atoms with Gasteiger partial charge < -0.3 is 20.2 Å². The molecule has 0 saturated carbocycles. The molecule has 2 saturated heterocycles. The van der Waals surface area contributed by atoms with E-state index in [1.807, 2.05) is 35.2 Å². The van der Waals surface area contributed by atoms with Crippen LogP contribution in [0.4, 0.5) is 13.2 Å². The highest BCUT2D eigenvalue weighted by molar-refractivity contribution is 5.95. The highest BCUT2D eigenvalue weighted by Gasteiger charge is 2.35. The molecule has 38 heavy (non-hydrogen) atoms. The van der Waals surface area contributed by atoms with Crippen molar-refractivity contribution < 1.29 is 27.9 Å². The van der Waals surface area contributed by atoms with Gasteiger partial charge in [0.2, 0.25) is 0 Å². The molecule has 3 aromatic carbocycles. The quantitative estimate of drug-likeness (QED) is 0.510. The van der Waals surface area contributed by atoms with Gasteiger partial charge in [0.15, 0.2) is 0 Å². The number of amides is 2. The first-order chi connectivity index (χ1) is 18.2. The third-order valence-electron chi connectivity index (χ3n) is 7.16. The van der Waals surface area contributed by atoms with Crippen LogP contribution in [0.25, 0.3) is 0 Å². The van der Waals surface area contributed by atoms with Gasteiger partial charge in [-0.1, -0.05) is 42.5 Å². The van der Waals surface area contributed by atoms with Gasteiger partial charge in [-0.2, -0.15) is 13.2 Å². The lowest BCUT2D eigenvalue weighted by Crippen LogP contribution is -2.62. The SMILES string of the molecule is O=C(c1ccccc1)N1CCC(NC2CN(C(=O)c3ccc(C(O)c4ccc(C(F)(F)F)cc4)cc3)C2)C1. The van der Waals surface area contributed by atoms with Gasteiger partial charge in [0.25, 0.3) is 11.8 Å². The average Bonchev–Trinajstić information content (AvgIpc) is 3.38. The number of rotatable bonds is 6. The molecular formula is C29H28F3N3O3. The Morgan fingerprint density at radius 1 is 0.763 bits per heavy atom. The molecule has 9 heteroatoms. The zero-order valence-corrected chi connectivity index (χ0v) is 20.6. The number of hydrogen-bond donors (Lipinski definition) is 2. The van der Waals surface area contributed by atoms with Gasteiger partial charge >= 0.3 is 6.18 Å². The number of aliphatic hydroxyl groups is 1. The summed E-state index contributed by atoms with van der Waals surface area (Å²) in [5.74, 6) is -0.0851. The minimum absolute atomic E-state index is 0.0344. The Labute approximate surface area is 218 Å². The van der Waals surface area contributed by atoms with Crippen molar-refractivity contribution in [1.82, 2.24) is 15.1 Å². The summed E-state index contributed by atoms with van der Waals surface area (Å²) < 4.78 is 38.3. The zero-order chi connectivity index (χ0) is 26.9. The lowest BCUT2D eigenvalue weighted by atomic mass is 9.98. The number of benzene rings is 3. The zero-order valence-electron chi connectivity index (χ0n) is 20.6. The molecule has 2 amide bonds. The molecule has 2 atom stereocenters. The van der Waals surface area contributed by atoms with Crippen LogP contribution in [0.2, 0.25) is 0 Å². The lowest BCUT2D eigenvalue weighted by Gasteiger charge is -2.41. The van der Waals surface area contributed by atoms with Crippen molar-refractivity contribution in [1.29, 1.82) is 0 Å². The molecule has 2 aliphatic heterocycles. The maximum atomic E-state index is 12.9. The van der Waals surface area contributed by atoms with E-state index in [2.05, 4.69) is 5.32 Å². The lowest BCUT2D eigenvalue weighted by molar-refractivity contribution is -0.137. The van der Waals surface area contributed by atoms with Crippen molar-refractivity contribution in [2.24, 2.45) is 0 Å². The molecular weight excluding hydrogens is 495 g/mol. The van der Waals surface area contributed by atoms with Crippen LogP contribution in [0.15, 0.2) is 78.9 Å². The molecule has 2 fully saturated rings. The van der Waals surface area contributed by atoms with Crippen LogP contribution in [0.5, 0.6) is 0 Å². The molecule has 0 spiro atoms. The van der Waals surface area contributed by atoms with Crippen molar-refractivity contribution >= 4 is 11.8 Å². The molecule has 2 aliphatic rings. The van der Waals surface area contributed by atoms with E-state index in [0.29, 0.717) is 48.4 Å². The number of likely N-dealkylation sites (tertiary alicyclic amines) is 2. The van der Waals surface area contributed by atoms with E-state index in [9.17, 15) is 27.9 Å². The van der Waals surface area contributed by atoms with E-state index in [4.69, 9.17) is 0 Å². The maximum absolute atomic E-state index is 12.9. The van der Waals surface area contributed by atoms with Crippen molar-refractivity contribution in [3.63, 3.8) is 0 Å². The molecule has 198 valence electrons. The van der Waals surface area contributed by atoms with Crippen LogP contribution in [0.1, 0.15) is 49.9 Å². The molecule has 0 aliphatic carbocycles. The second-order valence-electron chi connectivity index (χ2n) is 9.82. The second kappa shape index (κ2) is 10.6. The van der Waals surface area contributed by atoms with Crippen molar-refractivity contribution in [3.8, 4) is 0 Å². The fraction of sp³-hybridized carbons (Fsp3) is 0.310. The molecule has 2 heterocycles. The third-order valence-corrected chi connectivity index (χ3v) is 7.16. The summed E-state index contributed by atoms with van der Waals surface area (Å²) >= 11 is 0. The standard InChI is InChI=1S/C29H28F3N3O3/c30-29(31,32)23-12-10-20(11-13-23)26(36)19-6-8-22(9-7-19)28(38)35-17-25(18-35)33-24-14-15-34(16-24)27(37)21-4-2-1-3-5-21/h1-13,24-26,33,36H,14-18H2. The number of carbonyl (C=O) groups excluding carboxylic acids is 2. The predicted molar refractivity (Wildman–Crippen MR) is 136 cm³/mol. The van der Waals surface area contributed by atoms with Gasteiger partial charge in [0, 0.05) is 49.4 Å². The fourth-order valence-electron chi connectivity index (χ4n) is 4.96. The second-order valence-corrected chi connectivity index (χ2v) is 9.82. The molecule has 3 aromatic rings. The van der Waals surface area contributed by atoms with Gasteiger partial charge in [0.05, 0.1) is 5.56 Å². The number of nitrogens with one attached hydrogen (secondary N) is 1. The molecule has 0 radical (unpaired) electrons. The van der Waals surface area contributed by atoms with Crippen LogP contribution >= 0.6 is 0 Å². The number of aliphatic hydroxyl groups excluding tert-OH is 1. The fourth-order valence-corrected chi connectivity index (χ4v) is 4.96. The summed E-state index contributed by atoms with van der Waals surface area (Å²) in [4.78, 5) is 29.1. The van der Waals surface area contributed by atoms with Crippen molar-refractivity contribution in [3.05, 3.63) is 107 Å². The van der Waals surface area contributed by atoms with E-state index in [1.54, 1.807) is 29.2 Å². The summed E-state index contributed by atoms with van der Waals surface area (Å²) in [6.07, 6.45) is -4.67. The number of nitrogens with zero attached hydrogens (tertiary/aromatic N) is 2. The minimum Gasteiger partial charge on any atom is -0.384 e. The normalized spacial score (nSPS) is 18.8. The van der Waals surface area contributed by atoms with Crippen molar-refractivity contribution in [2.75, 3.05) is 26.2 Å². The molecule has 0 aromatic heterocycles. The van der Waals surface area contributed by atoms with Gasteiger partial charge in [-0.3, -0.25) is 9.59 Å². The summed E-state index contributed by atoms with van der Waals surface area (Å²) in [5, 5.41) is 14.1.